The second kappa shape index (κ2) is 6.73. The molecule has 1 aliphatic carbocycles. The Morgan fingerprint density at radius 1 is 1.00 bits per heavy atom. The van der Waals surface area contributed by atoms with Crippen LogP contribution in [-0.2, 0) is 0 Å². The van der Waals surface area contributed by atoms with Crippen LogP contribution in [0.1, 0.15) is 78.3 Å². The van der Waals surface area contributed by atoms with Gasteiger partial charge in [0, 0.05) is 29.4 Å². The van der Waals surface area contributed by atoms with E-state index in [4.69, 9.17) is 4.99 Å². The quantitative estimate of drug-likeness (QED) is 0.329. The first-order chi connectivity index (χ1) is 14.2. The Kier molecular flexibility index (Phi) is 4.36. The Labute approximate surface area is 176 Å². The SMILES string of the molecule is Cc1cc(C)cc(C2=Nc3ccc(C(C)C)c4cc(C5CCC(F)(F)C5)cc2c34)c1. The van der Waals surface area contributed by atoms with E-state index in [0.29, 0.717) is 12.3 Å². The lowest BCUT2D eigenvalue weighted by Gasteiger charge is -2.17. The van der Waals surface area contributed by atoms with E-state index in [-0.39, 0.29) is 18.8 Å². The van der Waals surface area contributed by atoms with Crippen molar-refractivity contribution >= 4 is 22.2 Å². The van der Waals surface area contributed by atoms with Gasteiger partial charge in [0.15, 0.2) is 0 Å². The molecule has 1 atom stereocenters. The van der Waals surface area contributed by atoms with Crippen LogP contribution in [0.25, 0.3) is 10.8 Å². The number of halogens is 2. The second-order valence-electron chi connectivity index (χ2n) is 9.45. The van der Waals surface area contributed by atoms with Crippen LogP contribution in [-0.4, -0.2) is 11.6 Å². The summed E-state index contributed by atoms with van der Waals surface area (Å²) < 4.78 is 28.0. The average Bonchev–Trinajstić information content (AvgIpc) is 3.22. The number of nitrogens with zero attached hydrogens (tertiary/aromatic N) is 1. The Morgan fingerprint density at radius 2 is 1.73 bits per heavy atom. The minimum Gasteiger partial charge on any atom is -0.247 e. The zero-order chi connectivity index (χ0) is 21.2. The normalized spacial score (nSPS) is 19.7. The van der Waals surface area contributed by atoms with Gasteiger partial charge in [-0.05, 0) is 72.9 Å². The van der Waals surface area contributed by atoms with Crippen molar-refractivity contribution < 1.29 is 8.78 Å². The number of aryl methyl sites for hydroxylation is 2. The first-order valence-electron chi connectivity index (χ1n) is 10.9. The molecule has 3 aromatic carbocycles. The summed E-state index contributed by atoms with van der Waals surface area (Å²) in [5, 5.41) is 2.34. The van der Waals surface area contributed by atoms with Gasteiger partial charge in [-0.2, -0.15) is 0 Å². The van der Waals surface area contributed by atoms with Crippen LogP contribution in [0.3, 0.4) is 0 Å². The molecule has 0 radical (unpaired) electrons. The molecule has 0 saturated heterocycles. The predicted octanol–water partition coefficient (Wildman–Crippen LogP) is 7.97. The minimum atomic E-state index is -2.55. The summed E-state index contributed by atoms with van der Waals surface area (Å²) in [5.41, 5.74) is 8.86. The van der Waals surface area contributed by atoms with Crippen molar-refractivity contribution in [1.82, 2.24) is 0 Å². The van der Waals surface area contributed by atoms with E-state index in [1.807, 2.05) is 0 Å². The van der Waals surface area contributed by atoms with Gasteiger partial charge in [0.05, 0.1) is 11.4 Å². The molecular formula is C27H27F2N. The molecule has 2 aliphatic rings. The fourth-order valence-electron chi connectivity index (χ4n) is 5.28. The topological polar surface area (TPSA) is 12.4 Å². The highest BCUT2D eigenvalue weighted by Gasteiger charge is 2.40. The molecule has 5 rings (SSSR count). The first kappa shape index (κ1) is 19.4. The van der Waals surface area contributed by atoms with Crippen molar-refractivity contribution in [3.8, 4) is 0 Å². The number of benzene rings is 3. The number of alkyl halides is 2. The van der Waals surface area contributed by atoms with E-state index in [0.717, 1.165) is 28.1 Å². The van der Waals surface area contributed by atoms with E-state index < -0.39 is 5.92 Å². The highest BCUT2D eigenvalue weighted by atomic mass is 19.3. The zero-order valence-corrected chi connectivity index (χ0v) is 18.0. The van der Waals surface area contributed by atoms with E-state index in [1.165, 1.54) is 27.5 Å². The molecule has 154 valence electrons. The van der Waals surface area contributed by atoms with Crippen molar-refractivity contribution in [3.05, 3.63) is 75.8 Å². The highest BCUT2D eigenvalue weighted by Crippen LogP contribution is 2.48. The van der Waals surface area contributed by atoms with Gasteiger partial charge in [0.25, 0.3) is 0 Å². The van der Waals surface area contributed by atoms with Crippen molar-refractivity contribution in [1.29, 1.82) is 0 Å². The largest absolute Gasteiger partial charge is 0.248 e. The lowest BCUT2D eigenvalue weighted by molar-refractivity contribution is 0.00777. The number of hydrogen-bond donors (Lipinski definition) is 0. The molecule has 0 spiro atoms. The molecule has 1 aliphatic heterocycles. The number of hydrogen-bond acceptors (Lipinski definition) is 1. The molecule has 1 nitrogen and oxygen atoms in total. The van der Waals surface area contributed by atoms with Crippen LogP contribution in [0.4, 0.5) is 14.5 Å². The number of aliphatic imine (C=N–C) groups is 1. The predicted molar refractivity (Wildman–Crippen MR) is 121 cm³/mol. The van der Waals surface area contributed by atoms with E-state index in [2.05, 4.69) is 70.2 Å². The Bertz CT molecular complexity index is 1180. The molecule has 1 fully saturated rings. The Balaban J connectivity index is 1.74. The molecule has 1 heterocycles. The zero-order valence-electron chi connectivity index (χ0n) is 18.0. The summed E-state index contributed by atoms with van der Waals surface area (Å²) >= 11 is 0. The van der Waals surface area contributed by atoms with E-state index in [9.17, 15) is 8.78 Å². The first-order valence-corrected chi connectivity index (χ1v) is 10.9. The number of rotatable bonds is 3. The fraction of sp³-hybridized carbons (Fsp3) is 0.370. The summed E-state index contributed by atoms with van der Waals surface area (Å²) in [6.07, 6.45) is 0.482. The van der Waals surface area contributed by atoms with Crippen molar-refractivity contribution in [2.75, 3.05) is 0 Å². The maximum absolute atomic E-state index is 14.0. The molecule has 1 saturated carbocycles. The lowest BCUT2D eigenvalue weighted by Crippen LogP contribution is -2.09. The van der Waals surface area contributed by atoms with Gasteiger partial charge in [0.2, 0.25) is 5.92 Å². The molecule has 0 N–H and O–H groups in total. The smallest absolute Gasteiger partial charge is 0.247 e. The fourth-order valence-corrected chi connectivity index (χ4v) is 5.28. The summed E-state index contributed by atoms with van der Waals surface area (Å²) in [6.45, 7) is 8.58. The Hall–Kier alpha value is -2.55. The maximum Gasteiger partial charge on any atom is 0.248 e. The summed E-state index contributed by atoms with van der Waals surface area (Å²) in [4.78, 5) is 5.01. The molecule has 30 heavy (non-hydrogen) atoms. The van der Waals surface area contributed by atoms with E-state index in [1.54, 1.807) is 0 Å². The van der Waals surface area contributed by atoms with Gasteiger partial charge in [-0.1, -0.05) is 43.2 Å². The van der Waals surface area contributed by atoms with Crippen molar-refractivity contribution in [2.45, 2.75) is 64.7 Å². The van der Waals surface area contributed by atoms with Gasteiger partial charge >= 0.3 is 0 Å². The molecular weight excluding hydrogens is 376 g/mol. The van der Waals surface area contributed by atoms with E-state index >= 15 is 0 Å². The van der Waals surface area contributed by atoms with Gasteiger partial charge in [-0.15, -0.1) is 0 Å². The van der Waals surface area contributed by atoms with Gasteiger partial charge < -0.3 is 0 Å². The molecule has 3 aromatic rings. The molecule has 0 amide bonds. The minimum absolute atomic E-state index is 0.0138. The van der Waals surface area contributed by atoms with Crippen LogP contribution >= 0.6 is 0 Å². The van der Waals surface area contributed by atoms with Gasteiger partial charge in [0.1, 0.15) is 0 Å². The van der Waals surface area contributed by atoms with Crippen LogP contribution in [0, 0.1) is 13.8 Å². The molecule has 0 bridgehead atoms. The second-order valence-corrected chi connectivity index (χ2v) is 9.45. The third-order valence-corrected chi connectivity index (χ3v) is 6.63. The van der Waals surface area contributed by atoms with Crippen LogP contribution in [0.5, 0.6) is 0 Å². The van der Waals surface area contributed by atoms with Crippen molar-refractivity contribution in [2.24, 2.45) is 4.99 Å². The average molecular weight is 404 g/mol. The van der Waals surface area contributed by atoms with Crippen LogP contribution in [0.15, 0.2) is 47.5 Å². The van der Waals surface area contributed by atoms with Crippen molar-refractivity contribution in [3.63, 3.8) is 0 Å². The third-order valence-electron chi connectivity index (χ3n) is 6.63. The monoisotopic (exact) mass is 403 g/mol. The molecule has 0 aromatic heterocycles. The summed E-state index contributed by atoms with van der Waals surface area (Å²) in [7, 11) is 0. The van der Waals surface area contributed by atoms with Crippen LogP contribution in [0.2, 0.25) is 0 Å². The highest BCUT2D eigenvalue weighted by molar-refractivity contribution is 6.26. The molecule has 1 unspecified atom stereocenters. The summed E-state index contributed by atoms with van der Waals surface area (Å²) in [5.74, 6) is -2.28. The Morgan fingerprint density at radius 3 is 2.37 bits per heavy atom. The summed E-state index contributed by atoms with van der Waals surface area (Å²) in [6, 6.07) is 15.1. The van der Waals surface area contributed by atoms with Gasteiger partial charge in [-0.25, -0.2) is 13.8 Å². The lowest BCUT2D eigenvalue weighted by atomic mass is 9.86. The third kappa shape index (κ3) is 3.15. The molecule has 3 heteroatoms. The maximum atomic E-state index is 14.0. The van der Waals surface area contributed by atoms with Crippen LogP contribution < -0.4 is 0 Å². The van der Waals surface area contributed by atoms with Gasteiger partial charge in [-0.3, -0.25) is 0 Å². The standard InChI is InChI=1S/C27H27F2N/c1-15(2)21-5-6-24-25-22(21)12-19(18-7-8-27(28,29)14-18)13-23(25)26(30-24)20-10-16(3)9-17(4)11-20/h5-6,9-13,15,18H,7-8,14H2,1-4H3.